The molecule has 0 aliphatic rings. The molecule has 170 valence electrons. The molecular weight excluding hydrogens is 430 g/mol. The van der Waals surface area contributed by atoms with E-state index in [1.165, 1.54) is 13.4 Å². The first-order chi connectivity index (χ1) is 16.6. The van der Waals surface area contributed by atoms with Crippen molar-refractivity contribution in [3.05, 3.63) is 78.4 Å². The SMILES string of the molecule is COCC(=O)NCC#Cc1ccc2ncnc(Nc3ccc(Oc4ccncc4)c(C)c3)c2c1. The number of benzene rings is 2. The van der Waals surface area contributed by atoms with Gasteiger partial charge in [0.25, 0.3) is 0 Å². The van der Waals surface area contributed by atoms with E-state index in [1.54, 1.807) is 12.4 Å². The summed E-state index contributed by atoms with van der Waals surface area (Å²) in [5.74, 6) is 7.95. The van der Waals surface area contributed by atoms with E-state index >= 15 is 0 Å². The monoisotopic (exact) mass is 453 g/mol. The first kappa shape index (κ1) is 22.7. The van der Waals surface area contributed by atoms with Crippen molar-refractivity contribution in [3.63, 3.8) is 0 Å². The largest absolute Gasteiger partial charge is 0.457 e. The lowest BCUT2D eigenvalue weighted by Gasteiger charge is -2.12. The van der Waals surface area contributed by atoms with Gasteiger partial charge in [-0.15, -0.1) is 0 Å². The van der Waals surface area contributed by atoms with Crippen LogP contribution in [0.4, 0.5) is 11.5 Å². The van der Waals surface area contributed by atoms with Gasteiger partial charge in [-0.05, 0) is 61.0 Å². The van der Waals surface area contributed by atoms with Crippen LogP contribution in [0.2, 0.25) is 0 Å². The Kier molecular flexibility index (Phi) is 7.28. The minimum atomic E-state index is -0.206. The summed E-state index contributed by atoms with van der Waals surface area (Å²) in [6.07, 6.45) is 4.91. The van der Waals surface area contributed by atoms with Gasteiger partial charge in [-0.2, -0.15) is 0 Å². The Hall–Kier alpha value is -4.48. The Morgan fingerprint density at radius 1 is 1.06 bits per heavy atom. The number of carbonyl (C=O) groups excluding carboxylic acids is 1. The maximum Gasteiger partial charge on any atom is 0.246 e. The molecule has 0 bridgehead atoms. The highest BCUT2D eigenvalue weighted by atomic mass is 16.5. The minimum absolute atomic E-state index is 0.0142. The fourth-order valence-electron chi connectivity index (χ4n) is 3.22. The topological polar surface area (TPSA) is 98.3 Å². The summed E-state index contributed by atoms with van der Waals surface area (Å²) in [5, 5.41) is 6.88. The minimum Gasteiger partial charge on any atom is -0.457 e. The van der Waals surface area contributed by atoms with Gasteiger partial charge in [-0.1, -0.05) is 11.8 Å². The second-order valence-corrected chi connectivity index (χ2v) is 7.36. The zero-order chi connectivity index (χ0) is 23.8. The van der Waals surface area contributed by atoms with E-state index in [-0.39, 0.29) is 19.1 Å². The van der Waals surface area contributed by atoms with Crippen molar-refractivity contribution in [3.8, 4) is 23.3 Å². The molecule has 0 saturated heterocycles. The second-order valence-electron chi connectivity index (χ2n) is 7.36. The Bertz CT molecular complexity index is 1360. The molecule has 1 amide bonds. The van der Waals surface area contributed by atoms with Crippen LogP contribution in [0, 0.1) is 18.8 Å². The highest BCUT2D eigenvalue weighted by Gasteiger charge is 2.08. The van der Waals surface area contributed by atoms with Crippen molar-refractivity contribution in [2.24, 2.45) is 0 Å². The number of nitrogens with zero attached hydrogens (tertiary/aromatic N) is 3. The lowest BCUT2D eigenvalue weighted by molar-refractivity contribution is -0.124. The van der Waals surface area contributed by atoms with E-state index in [4.69, 9.17) is 9.47 Å². The molecule has 34 heavy (non-hydrogen) atoms. The molecule has 4 aromatic rings. The molecule has 0 saturated carbocycles. The van der Waals surface area contributed by atoms with Gasteiger partial charge < -0.3 is 20.1 Å². The number of hydrogen-bond acceptors (Lipinski definition) is 7. The average molecular weight is 454 g/mol. The molecule has 2 aromatic heterocycles. The summed E-state index contributed by atoms with van der Waals surface area (Å²) < 4.78 is 10.7. The highest BCUT2D eigenvalue weighted by Crippen LogP contribution is 2.29. The Labute approximate surface area is 197 Å². The van der Waals surface area contributed by atoms with Gasteiger partial charge in [0.2, 0.25) is 5.91 Å². The van der Waals surface area contributed by atoms with Gasteiger partial charge in [-0.25, -0.2) is 9.97 Å². The number of amides is 1. The van der Waals surface area contributed by atoms with Crippen molar-refractivity contribution in [2.45, 2.75) is 6.92 Å². The normalized spacial score (nSPS) is 10.3. The first-order valence-electron chi connectivity index (χ1n) is 10.6. The third-order valence-corrected chi connectivity index (χ3v) is 4.83. The number of ether oxygens (including phenoxy) is 2. The number of pyridine rings is 1. The molecule has 0 atom stereocenters. The molecular formula is C26H23N5O3. The predicted molar refractivity (Wildman–Crippen MR) is 130 cm³/mol. The number of methoxy groups -OCH3 is 1. The van der Waals surface area contributed by atoms with E-state index in [0.717, 1.165) is 39.2 Å². The van der Waals surface area contributed by atoms with Crippen molar-refractivity contribution in [1.29, 1.82) is 0 Å². The average Bonchev–Trinajstić information content (AvgIpc) is 2.85. The van der Waals surface area contributed by atoms with Crippen LogP contribution in [0.25, 0.3) is 10.9 Å². The Morgan fingerprint density at radius 3 is 2.71 bits per heavy atom. The number of anilines is 2. The predicted octanol–water partition coefficient (Wildman–Crippen LogP) is 3.98. The molecule has 0 spiro atoms. The molecule has 8 nitrogen and oxygen atoms in total. The van der Waals surface area contributed by atoms with Gasteiger partial charge in [0.1, 0.15) is 30.3 Å². The maximum atomic E-state index is 11.4. The van der Waals surface area contributed by atoms with E-state index in [9.17, 15) is 4.79 Å². The van der Waals surface area contributed by atoms with Crippen molar-refractivity contribution in [1.82, 2.24) is 20.3 Å². The van der Waals surface area contributed by atoms with Crippen LogP contribution < -0.4 is 15.4 Å². The van der Waals surface area contributed by atoms with Crippen molar-refractivity contribution >= 4 is 28.3 Å². The molecule has 2 heterocycles. The quantitative estimate of drug-likeness (QED) is 0.409. The molecule has 2 N–H and O–H groups in total. The third-order valence-electron chi connectivity index (χ3n) is 4.83. The lowest BCUT2D eigenvalue weighted by atomic mass is 10.1. The molecule has 8 heteroatoms. The fourth-order valence-corrected chi connectivity index (χ4v) is 3.22. The zero-order valence-electron chi connectivity index (χ0n) is 18.8. The Morgan fingerprint density at radius 2 is 1.91 bits per heavy atom. The number of aromatic nitrogens is 3. The number of nitrogens with one attached hydrogen (secondary N) is 2. The molecule has 0 fully saturated rings. The summed E-state index contributed by atoms with van der Waals surface area (Å²) in [4.78, 5) is 24.2. The standard InChI is InChI=1S/C26H23N5O3/c1-18-14-20(6-8-24(18)34-21-9-12-27-13-10-21)31-26-22-15-19(5-7-23(22)29-17-30-26)4-3-11-28-25(32)16-33-2/h5-10,12-15,17H,11,16H2,1-2H3,(H,28,32)(H,29,30,31). The molecule has 0 aliphatic carbocycles. The van der Waals surface area contributed by atoms with Gasteiger partial charge in [0.05, 0.1) is 12.1 Å². The van der Waals surface area contributed by atoms with Gasteiger partial charge in [0.15, 0.2) is 0 Å². The van der Waals surface area contributed by atoms with Crippen molar-refractivity contribution < 1.29 is 14.3 Å². The number of aryl methyl sites for hydroxylation is 1. The number of fused-ring (bicyclic) bond motifs is 1. The zero-order valence-corrected chi connectivity index (χ0v) is 18.8. The molecule has 0 aliphatic heterocycles. The molecule has 0 unspecified atom stereocenters. The van der Waals surface area contributed by atoms with E-state index in [1.807, 2.05) is 55.5 Å². The summed E-state index contributed by atoms with van der Waals surface area (Å²) in [6, 6.07) is 15.2. The van der Waals surface area contributed by atoms with E-state index < -0.39 is 0 Å². The second kappa shape index (κ2) is 10.9. The lowest BCUT2D eigenvalue weighted by Crippen LogP contribution is -2.27. The summed E-state index contributed by atoms with van der Waals surface area (Å²) in [5.41, 5.74) is 3.44. The fraction of sp³-hybridized carbons (Fsp3) is 0.154. The third kappa shape index (κ3) is 5.85. The first-order valence-corrected chi connectivity index (χ1v) is 10.6. The smallest absolute Gasteiger partial charge is 0.246 e. The van der Waals surface area contributed by atoms with Crippen LogP contribution in [0.3, 0.4) is 0 Å². The molecule has 4 rings (SSSR count). The van der Waals surface area contributed by atoms with Crippen molar-refractivity contribution in [2.75, 3.05) is 25.6 Å². The van der Waals surface area contributed by atoms with Gasteiger partial charge in [-0.3, -0.25) is 9.78 Å². The van der Waals surface area contributed by atoms with Crippen LogP contribution in [-0.2, 0) is 9.53 Å². The van der Waals surface area contributed by atoms with E-state index in [0.29, 0.717) is 5.82 Å². The van der Waals surface area contributed by atoms with E-state index in [2.05, 4.69) is 37.4 Å². The maximum absolute atomic E-state index is 11.4. The van der Waals surface area contributed by atoms with Gasteiger partial charge >= 0.3 is 0 Å². The van der Waals surface area contributed by atoms with Gasteiger partial charge in [0, 0.05) is 36.1 Å². The number of rotatable bonds is 7. The van der Waals surface area contributed by atoms with Crippen LogP contribution in [0.5, 0.6) is 11.5 Å². The summed E-state index contributed by atoms with van der Waals surface area (Å²) in [7, 11) is 1.47. The van der Waals surface area contributed by atoms with Crippen LogP contribution in [0.1, 0.15) is 11.1 Å². The summed E-state index contributed by atoms with van der Waals surface area (Å²) in [6.45, 7) is 2.24. The number of hydrogen-bond donors (Lipinski definition) is 2. The van der Waals surface area contributed by atoms with Crippen LogP contribution in [0.15, 0.2) is 67.3 Å². The number of carbonyl (C=O) groups is 1. The summed E-state index contributed by atoms with van der Waals surface area (Å²) >= 11 is 0. The van der Waals surface area contributed by atoms with Crippen LogP contribution >= 0.6 is 0 Å². The Balaban J connectivity index is 1.51. The molecule has 0 radical (unpaired) electrons. The highest BCUT2D eigenvalue weighted by molar-refractivity contribution is 5.91. The molecule has 2 aromatic carbocycles. The van der Waals surface area contributed by atoms with Crippen LogP contribution in [-0.4, -0.2) is 41.1 Å².